The van der Waals surface area contributed by atoms with E-state index in [9.17, 15) is 0 Å². The monoisotopic (exact) mass is 613 g/mol. The Bertz CT molecular complexity index is 616. The molecular formula is C37H73N2OV. The summed E-state index contributed by atoms with van der Waals surface area (Å²) in [6.45, 7) is 13.3. The van der Waals surface area contributed by atoms with Crippen LogP contribution in [0.5, 0.6) is 0 Å². The Labute approximate surface area is 261 Å². The van der Waals surface area contributed by atoms with Crippen LogP contribution in [0.15, 0.2) is 22.5 Å². The summed E-state index contributed by atoms with van der Waals surface area (Å²) in [7, 11) is 0. The molecule has 0 aromatic heterocycles. The maximum absolute atomic E-state index is 15.7. The van der Waals surface area contributed by atoms with Gasteiger partial charge in [-0.3, -0.25) is 0 Å². The molecule has 0 saturated carbocycles. The molecule has 0 saturated heterocycles. The minimum atomic E-state index is -3.63. The van der Waals surface area contributed by atoms with Gasteiger partial charge in [0.15, 0.2) is 0 Å². The summed E-state index contributed by atoms with van der Waals surface area (Å²) < 4.78 is 22.1. The summed E-state index contributed by atoms with van der Waals surface area (Å²) in [5.41, 5.74) is 0. The number of hydrogen-bond acceptors (Lipinski definition) is 1. The fourth-order valence-electron chi connectivity index (χ4n) is 6.26. The molecule has 1 aliphatic carbocycles. The summed E-state index contributed by atoms with van der Waals surface area (Å²) in [5.74, 6) is 0. The van der Waals surface area contributed by atoms with E-state index in [2.05, 4.69) is 53.4 Å². The number of hydrogen-bond donors (Lipinski definition) is 0. The molecule has 41 heavy (non-hydrogen) atoms. The zero-order valence-corrected chi connectivity index (χ0v) is 29.9. The average molecular weight is 613 g/mol. The first kappa shape index (κ1) is 38.8. The quantitative estimate of drug-likeness (QED) is 0.0728. The van der Waals surface area contributed by atoms with E-state index < -0.39 is 14.4 Å². The Hall–Kier alpha value is -0.216. The molecule has 0 spiro atoms. The van der Waals surface area contributed by atoms with Crippen LogP contribution in [-0.2, 0) is 18.1 Å². The van der Waals surface area contributed by atoms with E-state index in [0.29, 0.717) is 0 Å². The van der Waals surface area contributed by atoms with Crippen LogP contribution in [0.3, 0.4) is 0 Å². The molecule has 3 nitrogen and oxygen atoms in total. The molecule has 0 radical (unpaired) electrons. The van der Waals surface area contributed by atoms with Gasteiger partial charge in [-0.25, -0.2) is 0 Å². The van der Waals surface area contributed by atoms with Crippen LogP contribution in [0, 0.1) is 0 Å². The predicted molar refractivity (Wildman–Crippen MR) is 179 cm³/mol. The fraction of sp³-hybridized carbons (Fsp3) is 0.892. The molecular weight excluding hydrogens is 539 g/mol. The van der Waals surface area contributed by atoms with Crippen LogP contribution < -0.4 is 0 Å². The van der Waals surface area contributed by atoms with Crippen molar-refractivity contribution >= 4 is 0 Å². The Morgan fingerprint density at radius 3 is 1.05 bits per heavy atom. The molecule has 0 aliphatic heterocycles. The minimum absolute atomic E-state index is 0.906. The zero-order valence-electron chi connectivity index (χ0n) is 28.5. The van der Waals surface area contributed by atoms with E-state index >= 15 is 3.67 Å². The fourth-order valence-corrected chi connectivity index (χ4v) is 11.5. The van der Waals surface area contributed by atoms with Gasteiger partial charge in [0.2, 0.25) is 0 Å². The van der Waals surface area contributed by atoms with Crippen molar-refractivity contribution < 1.29 is 18.1 Å². The van der Waals surface area contributed by atoms with Gasteiger partial charge >= 0.3 is 263 Å². The van der Waals surface area contributed by atoms with Crippen LogP contribution in [0.25, 0.3) is 0 Å². The molecule has 1 rings (SSSR count). The molecule has 0 heterocycles. The Morgan fingerprint density at radius 2 is 0.780 bits per heavy atom. The summed E-state index contributed by atoms with van der Waals surface area (Å²) in [6, 6.07) is 0. The van der Waals surface area contributed by atoms with Crippen molar-refractivity contribution in [3.8, 4) is 0 Å². The zero-order chi connectivity index (χ0) is 29.9. The number of nitrogens with zero attached hydrogens (tertiary/aromatic N) is 2. The second-order valence-electron chi connectivity index (χ2n) is 12.8. The van der Waals surface area contributed by atoms with E-state index in [1.807, 2.05) is 0 Å². The van der Waals surface area contributed by atoms with Crippen LogP contribution in [0.4, 0.5) is 0 Å². The molecule has 1 aliphatic rings. The van der Waals surface area contributed by atoms with E-state index in [1.165, 1.54) is 158 Å². The Kier molecular flexibility index (Phi) is 25.9. The van der Waals surface area contributed by atoms with Crippen molar-refractivity contribution in [3.63, 3.8) is 0 Å². The van der Waals surface area contributed by atoms with Gasteiger partial charge in [0.25, 0.3) is 0 Å². The summed E-state index contributed by atoms with van der Waals surface area (Å²) in [4.78, 5) is 0. The first-order valence-electron chi connectivity index (χ1n) is 18.6. The predicted octanol–water partition coefficient (Wildman–Crippen LogP) is 12.2. The van der Waals surface area contributed by atoms with Crippen LogP contribution >= 0.6 is 0 Å². The summed E-state index contributed by atoms with van der Waals surface area (Å²) in [5, 5.41) is 0. The van der Waals surface area contributed by atoms with Crippen molar-refractivity contribution in [3.05, 3.63) is 22.5 Å². The molecule has 0 amide bonds. The molecule has 0 unspecified atom stereocenters. The standard InChI is InChI=1S/2C16H34N.C5H5.O.V/c2*1-3-5-7-9-11-13-15-17-16-14-12-10-8-6-4-2;1-2-4-5-3-1;;/h2*3-16H2,1-2H3;1-3H,4H2;;/q2*-1;;;+2. The van der Waals surface area contributed by atoms with Gasteiger partial charge in [-0.2, -0.15) is 0 Å². The molecule has 0 aromatic carbocycles. The number of rotatable bonds is 31. The van der Waals surface area contributed by atoms with Gasteiger partial charge in [-0.1, -0.05) is 0 Å². The van der Waals surface area contributed by atoms with E-state index in [4.69, 9.17) is 0 Å². The van der Waals surface area contributed by atoms with Crippen LogP contribution in [0.2, 0.25) is 0 Å². The summed E-state index contributed by atoms with van der Waals surface area (Å²) >= 11 is -3.63. The summed E-state index contributed by atoms with van der Waals surface area (Å²) in [6.07, 6.45) is 38.9. The first-order chi connectivity index (χ1) is 20.1. The SMILES string of the molecule is CCCCCCCC[N](CCCCCCCC)[V](=[O])([C]1=CC=CC1)[N](CCCCCCCC)CCCCCCCC. The normalized spacial score (nSPS) is 13.7. The van der Waals surface area contributed by atoms with Gasteiger partial charge in [0.05, 0.1) is 0 Å². The Balaban J connectivity index is 3.04. The van der Waals surface area contributed by atoms with Gasteiger partial charge in [-0.15, -0.1) is 0 Å². The van der Waals surface area contributed by atoms with Crippen molar-refractivity contribution in [1.82, 2.24) is 7.50 Å². The van der Waals surface area contributed by atoms with Gasteiger partial charge in [0.1, 0.15) is 0 Å². The second kappa shape index (κ2) is 27.3. The molecule has 0 aromatic rings. The van der Waals surface area contributed by atoms with Crippen molar-refractivity contribution in [2.45, 2.75) is 188 Å². The van der Waals surface area contributed by atoms with Crippen LogP contribution in [0.1, 0.15) is 188 Å². The van der Waals surface area contributed by atoms with Crippen molar-refractivity contribution in [2.75, 3.05) is 26.2 Å². The Morgan fingerprint density at radius 1 is 0.488 bits per heavy atom. The van der Waals surface area contributed by atoms with E-state index in [1.54, 1.807) is 0 Å². The van der Waals surface area contributed by atoms with Crippen molar-refractivity contribution in [1.29, 1.82) is 0 Å². The first-order valence-corrected chi connectivity index (χ1v) is 21.1. The molecule has 0 atom stereocenters. The third-order valence-corrected chi connectivity index (χ3v) is 14.3. The molecule has 0 N–H and O–H groups in total. The molecule has 4 heteroatoms. The van der Waals surface area contributed by atoms with E-state index in [0.717, 1.165) is 32.6 Å². The van der Waals surface area contributed by atoms with Gasteiger partial charge in [-0.05, 0) is 0 Å². The number of unbranched alkanes of at least 4 members (excludes halogenated alkanes) is 20. The third kappa shape index (κ3) is 17.6. The van der Waals surface area contributed by atoms with Gasteiger partial charge in [0, 0.05) is 0 Å². The topological polar surface area (TPSA) is 23.6 Å². The maximum atomic E-state index is 15.7. The molecule has 242 valence electrons. The molecule has 0 bridgehead atoms. The number of allylic oxidation sites excluding steroid dienone is 4. The van der Waals surface area contributed by atoms with Gasteiger partial charge < -0.3 is 0 Å². The van der Waals surface area contributed by atoms with E-state index in [-0.39, 0.29) is 0 Å². The molecule has 0 fully saturated rings. The van der Waals surface area contributed by atoms with Crippen LogP contribution in [-0.4, -0.2) is 33.7 Å². The second-order valence-corrected chi connectivity index (χ2v) is 17.2. The third-order valence-electron chi connectivity index (χ3n) is 8.97. The average Bonchev–Trinajstić information content (AvgIpc) is 3.53. The van der Waals surface area contributed by atoms with Crippen molar-refractivity contribution in [2.24, 2.45) is 0 Å².